The quantitative estimate of drug-likeness (QED) is 0.394. The van der Waals surface area contributed by atoms with Gasteiger partial charge >= 0.3 is 0 Å². The molecular formula is C24H21FN4O3S2. The fraction of sp³-hybridized carbons (Fsp3) is 0.208. The second-order valence-electron chi connectivity index (χ2n) is 7.97. The molecule has 2 aromatic carbocycles. The van der Waals surface area contributed by atoms with Gasteiger partial charge in [0.05, 0.1) is 16.1 Å². The van der Waals surface area contributed by atoms with Crippen LogP contribution in [-0.2, 0) is 16.6 Å². The van der Waals surface area contributed by atoms with E-state index in [0.29, 0.717) is 28.5 Å². The van der Waals surface area contributed by atoms with Crippen molar-refractivity contribution in [3.8, 4) is 0 Å². The molecule has 4 aromatic rings. The van der Waals surface area contributed by atoms with Gasteiger partial charge in [-0.15, -0.1) is 0 Å². The first-order valence-electron chi connectivity index (χ1n) is 10.8. The van der Waals surface area contributed by atoms with Gasteiger partial charge in [0.25, 0.3) is 5.91 Å². The third-order valence-corrected chi connectivity index (χ3v) is 8.66. The highest BCUT2D eigenvalue weighted by Crippen LogP contribution is 2.32. The number of pyridine rings is 1. The maximum atomic E-state index is 14.3. The molecule has 2 aromatic heterocycles. The van der Waals surface area contributed by atoms with Crippen LogP contribution in [0.15, 0.2) is 71.9 Å². The molecule has 0 spiro atoms. The summed E-state index contributed by atoms with van der Waals surface area (Å²) in [6, 6.07) is 14.2. The van der Waals surface area contributed by atoms with Crippen molar-refractivity contribution in [2.75, 3.05) is 18.0 Å². The monoisotopic (exact) mass is 496 g/mol. The Kier molecular flexibility index (Phi) is 6.11. The summed E-state index contributed by atoms with van der Waals surface area (Å²) in [6.45, 7) is 1.20. The standard InChI is InChI=1S/C24H21FN4O3S2/c25-20-6-3-7-21-22(20)27-24(33-21)29(16-17-5-4-12-26-15-17)23(30)18-8-10-19(11-9-18)34(31,32)28-13-1-2-14-28/h3-12,15H,1-2,13-14,16H2. The maximum Gasteiger partial charge on any atom is 0.260 e. The van der Waals surface area contributed by atoms with Crippen molar-refractivity contribution in [3.05, 3.63) is 83.9 Å². The molecule has 0 aliphatic carbocycles. The molecule has 3 heterocycles. The first-order valence-corrected chi connectivity index (χ1v) is 13.1. The van der Waals surface area contributed by atoms with Crippen LogP contribution in [0.2, 0.25) is 0 Å². The van der Waals surface area contributed by atoms with E-state index in [4.69, 9.17) is 0 Å². The summed E-state index contributed by atoms with van der Waals surface area (Å²) in [4.78, 5) is 23.7. The molecule has 1 amide bonds. The molecule has 0 unspecified atom stereocenters. The number of nitrogens with zero attached hydrogens (tertiary/aromatic N) is 4. The lowest BCUT2D eigenvalue weighted by Crippen LogP contribution is -2.31. The molecular weight excluding hydrogens is 475 g/mol. The number of carbonyl (C=O) groups excluding carboxylic acids is 1. The minimum absolute atomic E-state index is 0.159. The normalized spacial score (nSPS) is 14.5. The van der Waals surface area contributed by atoms with E-state index in [1.54, 1.807) is 30.6 Å². The molecule has 1 fully saturated rings. The van der Waals surface area contributed by atoms with Crippen LogP contribution in [0.25, 0.3) is 10.2 Å². The number of sulfonamides is 1. The van der Waals surface area contributed by atoms with E-state index in [-0.39, 0.29) is 22.9 Å². The lowest BCUT2D eigenvalue weighted by Gasteiger charge is -2.20. The summed E-state index contributed by atoms with van der Waals surface area (Å²) in [5.41, 5.74) is 1.30. The number of hydrogen-bond acceptors (Lipinski definition) is 6. The lowest BCUT2D eigenvalue weighted by molar-refractivity contribution is 0.0985. The molecule has 0 bridgehead atoms. The Balaban J connectivity index is 1.49. The van der Waals surface area contributed by atoms with Crippen molar-refractivity contribution in [1.29, 1.82) is 0 Å². The van der Waals surface area contributed by atoms with E-state index >= 15 is 0 Å². The second kappa shape index (κ2) is 9.21. The third kappa shape index (κ3) is 4.31. The number of thiazole rings is 1. The van der Waals surface area contributed by atoms with Gasteiger partial charge in [-0.2, -0.15) is 4.31 Å². The first-order chi connectivity index (χ1) is 16.4. The highest BCUT2D eigenvalue weighted by Gasteiger charge is 2.28. The van der Waals surface area contributed by atoms with Crippen molar-refractivity contribution in [1.82, 2.24) is 14.3 Å². The van der Waals surface area contributed by atoms with Gasteiger partial charge < -0.3 is 0 Å². The molecule has 1 saturated heterocycles. The summed E-state index contributed by atoms with van der Waals surface area (Å²) < 4.78 is 42.0. The molecule has 34 heavy (non-hydrogen) atoms. The van der Waals surface area contributed by atoms with Crippen LogP contribution in [0.4, 0.5) is 9.52 Å². The maximum absolute atomic E-state index is 14.3. The Hall–Kier alpha value is -3.21. The number of anilines is 1. The fourth-order valence-electron chi connectivity index (χ4n) is 3.92. The SMILES string of the molecule is O=C(c1ccc(S(=O)(=O)N2CCCC2)cc1)N(Cc1cccnc1)c1nc2c(F)cccc2s1. The van der Waals surface area contributed by atoms with Gasteiger partial charge in [0, 0.05) is 31.0 Å². The number of aromatic nitrogens is 2. The highest BCUT2D eigenvalue weighted by atomic mass is 32.2. The topological polar surface area (TPSA) is 83.5 Å². The second-order valence-corrected chi connectivity index (χ2v) is 10.9. The summed E-state index contributed by atoms with van der Waals surface area (Å²) in [5.74, 6) is -0.821. The minimum atomic E-state index is -3.58. The molecule has 7 nitrogen and oxygen atoms in total. The Labute approximate surface area is 200 Å². The summed E-state index contributed by atoms with van der Waals surface area (Å²) in [6.07, 6.45) is 4.99. The molecule has 174 valence electrons. The van der Waals surface area contributed by atoms with Crippen molar-refractivity contribution in [2.45, 2.75) is 24.3 Å². The predicted octanol–water partition coefficient (Wildman–Crippen LogP) is 4.46. The smallest absolute Gasteiger partial charge is 0.260 e. The van der Waals surface area contributed by atoms with Gasteiger partial charge in [0.15, 0.2) is 5.13 Å². The zero-order valence-electron chi connectivity index (χ0n) is 18.1. The Morgan fingerprint density at radius 3 is 2.50 bits per heavy atom. The summed E-state index contributed by atoms with van der Waals surface area (Å²) in [7, 11) is -3.58. The van der Waals surface area contributed by atoms with Crippen LogP contribution >= 0.6 is 11.3 Å². The van der Waals surface area contributed by atoms with Crippen LogP contribution in [-0.4, -0.2) is 41.7 Å². The van der Waals surface area contributed by atoms with Crippen LogP contribution < -0.4 is 4.90 Å². The largest absolute Gasteiger partial charge is 0.279 e. The first kappa shape index (κ1) is 22.6. The van der Waals surface area contributed by atoms with E-state index in [9.17, 15) is 17.6 Å². The van der Waals surface area contributed by atoms with Gasteiger partial charge in [-0.3, -0.25) is 14.7 Å². The Morgan fingerprint density at radius 2 is 1.82 bits per heavy atom. The lowest BCUT2D eigenvalue weighted by atomic mass is 10.2. The Bertz CT molecular complexity index is 1430. The minimum Gasteiger partial charge on any atom is -0.279 e. The molecule has 0 saturated carbocycles. The van der Waals surface area contributed by atoms with E-state index < -0.39 is 15.8 Å². The number of amides is 1. The van der Waals surface area contributed by atoms with Crippen molar-refractivity contribution in [3.63, 3.8) is 0 Å². The summed E-state index contributed by atoms with van der Waals surface area (Å²) >= 11 is 1.22. The van der Waals surface area contributed by atoms with Gasteiger partial charge in [0.2, 0.25) is 10.0 Å². The molecule has 0 radical (unpaired) electrons. The number of halogens is 1. The van der Waals surface area contributed by atoms with Gasteiger partial charge in [-0.1, -0.05) is 23.5 Å². The van der Waals surface area contributed by atoms with E-state index in [1.807, 2.05) is 6.07 Å². The number of hydrogen-bond donors (Lipinski definition) is 0. The number of para-hydroxylation sites is 1. The molecule has 10 heteroatoms. The van der Waals surface area contributed by atoms with Crippen molar-refractivity contribution < 1.29 is 17.6 Å². The fourth-order valence-corrected chi connectivity index (χ4v) is 6.42. The van der Waals surface area contributed by atoms with Gasteiger partial charge in [-0.25, -0.2) is 17.8 Å². The number of rotatable bonds is 6. The molecule has 0 atom stereocenters. The molecule has 1 aliphatic heterocycles. The van der Waals surface area contributed by atoms with Crippen molar-refractivity contribution in [2.24, 2.45) is 0 Å². The summed E-state index contributed by atoms with van der Waals surface area (Å²) in [5, 5.41) is 0.350. The van der Waals surface area contributed by atoms with Crippen molar-refractivity contribution >= 4 is 42.6 Å². The average Bonchev–Trinajstić information content (AvgIpc) is 3.54. The average molecular weight is 497 g/mol. The zero-order chi connectivity index (χ0) is 23.7. The molecule has 0 N–H and O–H groups in total. The number of benzene rings is 2. The van der Waals surface area contributed by atoms with Crippen LogP contribution in [0.1, 0.15) is 28.8 Å². The molecule has 1 aliphatic rings. The molecule has 5 rings (SSSR count). The van der Waals surface area contributed by atoms with Gasteiger partial charge in [0.1, 0.15) is 11.3 Å². The third-order valence-electron chi connectivity index (χ3n) is 5.70. The zero-order valence-corrected chi connectivity index (χ0v) is 19.7. The van der Waals surface area contributed by atoms with Crippen LogP contribution in [0.3, 0.4) is 0 Å². The highest BCUT2D eigenvalue weighted by molar-refractivity contribution is 7.89. The van der Waals surface area contributed by atoms with E-state index in [1.165, 1.54) is 50.9 Å². The number of fused-ring (bicyclic) bond motifs is 1. The predicted molar refractivity (Wildman–Crippen MR) is 129 cm³/mol. The van der Waals surface area contributed by atoms with Crippen LogP contribution in [0, 0.1) is 5.82 Å². The van der Waals surface area contributed by atoms with Gasteiger partial charge in [-0.05, 0) is 60.9 Å². The van der Waals surface area contributed by atoms with E-state index in [0.717, 1.165) is 18.4 Å². The van der Waals surface area contributed by atoms with E-state index in [2.05, 4.69) is 9.97 Å². The Morgan fingerprint density at radius 1 is 1.06 bits per heavy atom. The van der Waals surface area contributed by atoms with Crippen LogP contribution in [0.5, 0.6) is 0 Å². The number of carbonyl (C=O) groups is 1.